The Kier molecular flexibility index (Phi) is 2.17. The van der Waals surface area contributed by atoms with Crippen LogP contribution in [0.3, 0.4) is 0 Å². The lowest BCUT2D eigenvalue weighted by Gasteiger charge is -1.89. The molecule has 1 N–H and O–H groups in total. The molecule has 0 fully saturated rings. The monoisotopic (exact) mass is 160 g/mol. The third-order valence-electron chi connectivity index (χ3n) is 1.26. The maximum Gasteiger partial charge on any atom is 0.243 e. The normalized spacial score (nSPS) is 9.90. The first kappa shape index (κ1) is 7.41. The van der Waals surface area contributed by atoms with Crippen molar-refractivity contribution in [1.29, 1.82) is 0 Å². The Morgan fingerprint density at radius 3 is 2.70 bits per heavy atom. The quantitative estimate of drug-likeness (QED) is 0.719. The largest absolute Gasteiger partial charge is 0.356 e. The molecule has 0 unspecified atom stereocenters. The molecule has 10 heavy (non-hydrogen) atoms. The standard InChI is InChI=1S/C6H9ClN2O/c1-3-4-5(7)6(8-2)10-9-4/h8H,3H2,1-2H3. The Labute approximate surface area is 64.3 Å². The van der Waals surface area contributed by atoms with Gasteiger partial charge in [0.2, 0.25) is 5.88 Å². The van der Waals surface area contributed by atoms with Gasteiger partial charge < -0.3 is 9.84 Å². The summed E-state index contributed by atoms with van der Waals surface area (Å²) in [4.78, 5) is 0. The van der Waals surface area contributed by atoms with Crippen molar-refractivity contribution >= 4 is 17.5 Å². The number of hydrogen-bond acceptors (Lipinski definition) is 3. The first-order chi connectivity index (χ1) is 4.79. The van der Waals surface area contributed by atoms with E-state index in [1.54, 1.807) is 7.05 Å². The first-order valence-electron chi connectivity index (χ1n) is 3.11. The summed E-state index contributed by atoms with van der Waals surface area (Å²) in [5, 5.41) is 7.11. The Hall–Kier alpha value is -0.700. The van der Waals surface area contributed by atoms with Crippen LogP contribution in [-0.2, 0) is 6.42 Å². The van der Waals surface area contributed by atoms with Crippen molar-refractivity contribution in [2.24, 2.45) is 0 Å². The summed E-state index contributed by atoms with van der Waals surface area (Å²) in [6.45, 7) is 1.98. The fourth-order valence-electron chi connectivity index (χ4n) is 0.687. The minimum atomic E-state index is 0.540. The molecule has 3 nitrogen and oxygen atoms in total. The molecule has 0 radical (unpaired) electrons. The van der Waals surface area contributed by atoms with Gasteiger partial charge in [-0.15, -0.1) is 0 Å². The molecule has 1 rings (SSSR count). The number of nitrogens with zero attached hydrogens (tertiary/aromatic N) is 1. The van der Waals surface area contributed by atoms with E-state index in [2.05, 4.69) is 10.5 Å². The van der Waals surface area contributed by atoms with Crippen LogP contribution in [0.2, 0.25) is 5.02 Å². The minimum Gasteiger partial charge on any atom is -0.356 e. The van der Waals surface area contributed by atoms with E-state index < -0.39 is 0 Å². The average Bonchev–Trinajstić information content (AvgIpc) is 2.30. The molecule has 0 amide bonds. The summed E-state index contributed by atoms with van der Waals surface area (Å²) in [5.74, 6) is 0.540. The van der Waals surface area contributed by atoms with Gasteiger partial charge in [0.15, 0.2) is 0 Å². The van der Waals surface area contributed by atoms with Crippen LogP contribution < -0.4 is 5.32 Å². The second-order valence-corrected chi connectivity index (χ2v) is 2.25. The fourth-order valence-corrected chi connectivity index (χ4v) is 0.984. The lowest BCUT2D eigenvalue weighted by molar-refractivity contribution is 0.426. The maximum atomic E-state index is 5.81. The molecule has 0 aliphatic heterocycles. The zero-order chi connectivity index (χ0) is 7.56. The lowest BCUT2D eigenvalue weighted by Crippen LogP contribution is -1.85. The Bertz CT molecular complexity index is 200. The van der Waals surface area contributed by atoms with E-state index in [4.69, 9.17) is 16.1 Å². The van der Waals surface area contributed by atoms with E-state index in [-0.39, 0.29) is 0 Å². The van der Waals surface area contributed by atoms with Crippen molar-refractivity contribution in [2.75, 3.05) is 12.4 Å². The molecule has 0 saturated heterocycles. The van der Waals surface area contributed by atoms with Gasteiger partial charge in [-0.2, -0.15) is 0 Å². The van der Waals surface area contributed by atoms with Crippen LogP contribution in [0.15, 0.2) is 4.52 Å². The number of halogens is 1. The van der Waals surface area contributed by atoms with Crippen molar-refractivity contribution in [3.05, 3.63) is 10.7 Å². The summed E-state index contributed by atoms with van der Waals surface area (Å²) in [6.07, 6.45) is 0.796. The number of anilines is 1. The molecule has 0 aliphatic rings. The molecule has 56 valence electrons. The van der Waals surface area contributed by atoms with Crippen molar-refractivity contribution < 1.29 is 4.52 Å². The van der Waals surface area contributed by atoms with E-state index in [0.717, 1.165) is 12.1 Å². The summed E-state index contributed by atoms with van der Waals surface area (Å²) >= 11 is 5.81. The van der Waals surface area contributed by atoms with Crippen LogP contribution in [0, 0.1) is 0 Å². The van der Waals surface area contributed by atoms with Gasteiger partial charge in [-0.3, -0.25) is 0 Å². The molecule has 0 bridgehead atoms. The Morgan fingerprint density at radius 1 is 1.70 bits per heavy atom. The SMILES string of the molecule is CCc1noc(NC)c1Cl. The number of rotatable bonds is 2. The highest BCUT2D eigenvalue weighted by Crippen LogP contribution is 2.24. The smallest absolute Gasteiger partial charge is 0.243 e. The molecule has 0 aliphatic carbocycles. The topological polar surface area (TPSA) is 38.1 Å². The molecule has 0 atom stereocenters. The van der Waals surface area contributed by atoms with Gasteiger partial charge >= 0.3 is 0 Å². The maximum absolute atomic E-state index is 5.81. The Morgan fingerprint density at radius 2 is 2.40 bits per heavy atom. The van der Waals surface area contributed by atoms with Gasteiger partial charge in [0.1, 0.15) is 10.7 Å². The van der Waals surface area contributed by atoms with Crippen LogP contribution in [-0.4, -0.2) is 12.2 Å². The summed E-state index contributed by atoms with van der Waals surface area (Å²) in [5.41, 5.74) is 0.797. The summed E-state index contributed by atoms with van der Waals surface area (Å²) < 4.78 is 4.84. The Balaban J connectivity index is 2.97. The average molecular weight is 161 g/mol. The number of nitrogens with one attached hydrogen (secondary N) is 1. The van der Waals surface area contributed by atoms with E-state index in [1.165, 1.54) is 0 Å². The minimum absolute atomic E-state index is 0.540. The molecule has 0 aromatic carbocycles. The van der Waals surface area contributed by atoms with Gasteiger partial charge in [-0.1, -0.05) is 23.7 Å². The molecule has 4 heteroatoms. The third-order valence-corrected chi connectivity index (χ3v) is 1.65. The van der Waals surface area contributed by atoms with Gasteiger partial charge in [0.25, 0.3) is 0 Å². The second-order valence-electron chi connectivity index (χ2n) is 1.88. The highest BCUT2D eigenvalue weighted by Gasteiger charge is 2.09. The van der Waals surface area contributed by atoms with Gasteiger partial charge in [-0.05, 0) is 6.42 Å². The van der Waals surface area contributed by atoms with Gasteiger partial charge in [0, 0.05) is 7.05 Å². The van der Waals surface area contributed by atoms with E-state index in [0.29, 0.717) is 10.9 Å². The lowest BCUT2D eigenvalue weighted by atomic mass is 10.3. The second kappa shape index (κ2) is 2.92. The van der Waals surface area contributed by atoms with Crippen LogP contribution in [0.25, 0.3) is 0 Å². The van der Waals surface area contributed by atoms with Crippen LogP contribution in [0.5, 0.6) is 0 Å². The fraction of sp³-hybridized carbons (Fsp3) is 0.500. The number of aryl methyl sites for hydroxylation is 1. The first-order valence-corrected chi connectivity index (χ1v) is 3.49. The highest BCUT2D eigenvalue weighted by atomic mass is 35.5. The van der Waals surface area contributed by atoms with Gasteiger partial charge in [0.05, 0.1) is 0 Å². The van der Waals surface area contributed by atoms with Crippen molar-refractivity contribution in [2.45, 2.75) is 13.3 Å². The molecule has 1 aromatic heterocycles. The summed E-state index contributed by atoms with van der Waals surface area (Å²) in [6, 6.07) is 0. The van der Waals surface area contributed by atoms with E-state index in [9.17, 15) is 0 Å². The predicted octanol–water partition coefficient (Wildman–Crippen LogP) is 1.93. The molecule has 1 heterocycles. The zero-order valence-corrected chi connectivity index (χ0v) is 6.70. The van der Waals surface area contributed by atoms with Gasteiger partial charge in [-0.25, -0.2) is 0 Å². The van der Waals surface area contributed by atoms with E-state index >= 15 is 0 Å². The molecular formula is C6H9ClN2O. The van der Waals surface area contributed by atoms with Crippen LogP contribution in [0.4, 0.5) is 5.88 Å². The summed E-state index contributed by atoms with van der Waals surface area (Å²) in [7, 11) is 1.74. The van der Waals surface area contributed by atoms with Crippen LogP contribution in [0.1, 0.15) is 12.6 Å². The predicted molar refractivity (Wildman–Crippen MR) is 40.4 cm³/mol. The van der Waals surface area contributed by atoms with E-state index in [1.807, 2.05) is 6.92 Å². The van der Waals surface area contributed by atoms with Crippen molar-refractivity contribution in [3.63, 3.8) is 0 Å². The molecule has 0 saturated carbocycles. The van der Waals surface area contributed by atoms with Crippen molar-refractivity contribution in [3.8, 4) is 0 Å². The highest BCUT2D eigenvalue weighted by molar-refractivity contribution is 6.33. The molecular weight excluding hydrogens is 152 g/mol. The molecule has 1 aromatic rings. The zero-order valence-electron chi connectivity index (χ0n) is 5.94. The number of aromatic nitrogens is 1. The van der Waals surface area contributed by atoms with Crippen LogP contribution >= 0.6 is 11.6 Å². The van der Waals surface area contributed by atoms with Crippen molar-refractivity contribution in [1.82, 2.24) is 5.16 Å². The molecule has 0 spiro atoms. The third kappa shape index (κ3) is 1.09. The number of hydrogen-bond donors (Lipinski definition) is 1.